The van der Waals surface area contributed by atoms with E-state index in [4.69, 9.17) is 9.97 Å². The molecule has 0 aliphatic carbocycles. The minimum Gasteiger partial charge on any atom is -0.507 e. The summed E-state index contributed by atoms with van der Waals surface area (Å²) in [6.07, 6.45) is 1.85. The van der Waals surface area contributed by atoms with Crippen LogP contribution in [0, 0.1) is 12.7 Å². The molecule has 0 amide bonds. The maximum absolute atomic E-state index is 14.9. The lowest BCUT2D eigenvalue weighted by Gasteiger charge is -2.23. The zero-order valence-corrected chi connectivity index (χ0v) is 29.7. The van der Waals surface area contributed by atoms with Crippen LogP contribution >= 0.6 is 0 Å². The van der Waals surface area contributed by atoms with Gasteiger partial charge >= 0.3 is 0 Å². The first-order valence-corrected chi connectivity index (χ1v) is 17.1. The van der Waals surface area contributed by atoms with Crippen LogP contribution in [0.15, 0.2) is 121 Å². The highest BCUT2D eigenvalue weighted by Crippen LogP contribution is 2.42. The summed E-state index contributed by atoms with van der Waals surface area (Å²) in [4.78, 5) is 10.00. The molecular weight excluding hydrogens is 618 g/mol. The fourth-order valence-corrected chi connectivity index (χ4v) is 6.55. The number of phenolic OH excluding ortho intramolecular Hbond substituents is 1. The van der Waals surface area contributed by atoms with Crippen molar-refractivity contribution >= 4 is 11.0 Å². The van der Waals surface area contributed by atoms with Gasteiger partial charge in [-0.15, -0.1) is 0 Å². The van der Waals surface area contributed by atoms with Gasteiger partial charge < -0.3 is 5.11 Å². The van der Waals surface area contributed by atoms with Crippen molar-refractivity contribution in [1.29, 1.82) is 0 Å². The number of benzene rings is 5. The molecule has 0 spiro atoms. The summed E-state index contributed by atoms with van der Waals surface area (Å²) in [7, 11) is 0. The molecule has 0 saturated heterocycles. The number of aromatic hydroxyl groups is 1. The first kappa shape index (κ1) is 33.0. The number of halogens is 1. The van der Waals surface area contributed by atoms with E-state index in [0.717, 1.165) is 55.8 Å². The molecule has 250 valence electrons. The summed E-state index contributed by atoms with van der Waals surface area (Å²) in [5.41, 5.74) is 12.0. The number of aromatic nitrogens is 3. The van der Waals surface area contributed by atoms with Crippen LogP contribution < -0.4 is 0 Å². The predicted octanol–water partition coefficient (Wildman–Crippen LogP) is 11.8. The molecule has 50 heavy (non-hydrogen) atoms. The number of pyridine rings is 1. The largest absolute Gasteiger partial charge is 0.507 e. The summed E-state index contributed by atoms with van der Waals surface area (Å²) < 4.78 is 17.0. The fraction of sp³-hybridized carbons (Fsp3) is 0.200. The van der Waals surface area contributed by atoms with Crippen molar-refractivity contribution in [3.8, 4) is 56.3 Å². The molecule has 0 radical (unpaired) electrons. The van der Waals surface area contributed by atoms with Crippen LogP contribution in [0.3, 0.4) is 0 Å². The Labute approximate surface area is 294 Å². The van der Waals surface area contributed by atoms with Gasteiger partial charge in [0, 0.05) is 22.9 Å². The summed E-state index contributed by atoms with van der Waals surface area (Å²) >= 11 is 0. The second-order valence-electron chi connectivity index (χ2n) is 15.2. The van der Waals surface area contributed by atoms with E-state index >= 15 is 0 Å². The number of imidazole rings is 1. The van der Waals surface area contributed by atoms with E-state index < -0.39 is 5.82 Å². The average Bonchev–Trinajstić information content (AvgIpc) is 3.48. The van der Waals surface area contributed by atoms with E-state index in [0.29, 0.717) is 11.4 Å². The number of hydrogen-bond donors (Lipinski definition) is 1. The van der Waals surface area contributed by atoms with Crippen molar-refractivity contribution in [3.05, 3.63) is 144 Å². The molecule has 1 N–H and O–H groups in total. The summed E-state index contributed by atoms with van der Waals surface area (Å²) in [5, 5.41) is 11.2. The average molecular weight is 660 g/mol. The molecule has 5 aromatic carbocycles. The number of rotatable bonds is 5. The Morgan fingerprint density at radius 3 is 2.08 bits per heavy atom. The second-order valence-corrected chi connectivity index (χ2v) is 15.2. The lowest BCUT2D eigenvalue weighted by molar-refractivity contribution is 0.474. The second kappa shape index (κ2) is 12.4. The van der Waals surface area contributed by atoms with Crippen molar-refractivity contribution in [1.82, 2.24) is 14.5 Å². The first-order valence-electron chi connectivity index (χ1n) is 17.1. The molecule has 7 rings (SSSR count). The molecule has 0 saturated carbocycles. The zero-order valence-electron chi connectivity index (χ0n) is 29.7. The highest BCUT2D eigenvalue weighted by molar-refractivity contribution is 5.97. The predicted molar refractivity (Wildman–Crippen MR) is 204 cm³/mol. The van der Waals surface area contributed by atoms with Crippen LogP contribution in [0.25, 0.3) is 61.6 Å². The summed E-state index contributed by atoms with van der Waals surface area (Å²) in [5.74, 6) is -0.0338. The molecule has 2 heterocycles. The third kappa shape index (κ3) is 6.20. The van der Waals surface area contributed by atoms with Gasteiger partial charge in [-0.05, 0) is 106 Å². The van der Waals surface area contributed by atoms with Gasteiger partial charge in [-0.25, -0.2) is 9.37 Å². The normalized spacial score (nSPS) is 12.1. The van der Waals surface area contributed by atoms with Crippen LogP contribution in [0.5, 0.6) is 5.75 Å². The maximum atomic E-state index is 14.9. The molecule has 5 heteroatoms. The van der Waals surface area contributed by atoms with Crippen molar-refractivity contribution < 1.29 is 9.50 Å². The van der Waals surface area contributed by atoms with Gasteiger partial charge in [0.25, 0.3) is 0 Å². The van der Waals surface area contributed by atoms with Crippen molar-refractivity contribution in [3.63, 3.8) is 0 Å². The monoisotopic (exact) mass is 659 g/mol. The zero-order chi connectivity index (χ0) is 35.4. The van der Waals surface area contributed by atoms with Crippen LogP contribution in [0.4, 0.5) is 4.39 Å². The van der Waals surface area contributed by atoms with Crippen molar-refractivity contribution in [2.45, 2.75) is 59.3 Å². The number of phenols is 1. The summed E-state index contributed by atoms with van der Waals surface area (Å²) in [6.45, 7) is 15.3. The molecule has 0 bridgehead atoms. The van der Waals surface area contributed by atoms with Gasteiger partial charge in [0.05, 0.1) is 28.0 Å². The number of hydrogen-bond acceptors (Lipinski definition) is 3. The minimum atomic E-state index is -0.448. The van der Waals surface area contributed by atoms with E-state index in [2.05, 4.69) is 120 Å². The third-order valence-corrected chi connectivity index (χ3v) is 9.39. The molecule has 0 aliphatic heterocycles. The van der Waals surface area contributed by atoms with Gasteiger partial charge in [-0.2, -0.15) is 0 Å². The number of fused-ring (bicyclic) bond motifs is 1. The van der Waals surface area contributed by atoms with Crippen LogP contribution in [0.1, 0.15) is 58.2 Å². The highest BCUT2D eigenvalue weighted by Gasteiger charge is 2.25. The Morgan fingerprint density at radius 1 is 0.620 bits per heavy atom. The van der Waals surface area contributed by atoms with Crippen LogP contribution in [0.2, 0.25) is 0 Å². The molecule has 0 atom stereocenters. The van der Waals surface area contributed by atoms with Gasteiger partial charge in [-0.3, -0.25) is 9.55 Å². The first-order chi connectivity index (χ1) is 23.8. The molecule has 0 unspecified atom stereocenters. The number of aryl methyl sites for hydroxylation is 1. The smallest absolute Gasteiger partial charge is 0.149 e. The molecule has 4 nitrogen and oxygen atoms in total. The van der Waals surface area contributed by atoms with Crippen LogP contribution in [-0.2, 0) is 10.8 Å². The molecule has 0 aliphatic rings. The Morgan fingerprint density at radius 2 is 1.36 bits per heavy atom. The van der Waals surface area contributed by atoms with E-state index in [1.54, 1.807) is 0 Å². The third-order valence-electron chi connectivity index (χ3n) is 9.39. The molecule has 7 aromatic rings. The fourth-order valence-electron chi connectivity index (χ4n) is 6.55. The molecule has 2 aromatic heterocycles. The van der Waals surface area contributed by atoms with Gasteiger partial charge in [0.1, 0.15) is 17.4 Å². The number of nitrogens with zero attached hydrogens (tertiary/aromatic N) is 3. The van der Waals surface area contributed by atoms with E-state index in [9.17, 15) is 9.50 Å². The van der Waals surface area contributed by atoms with Gasteiger partial charge in [0.2, 0.25) is 0 Å². The Kier molecular flexibility index (Phi) is 8.18. The van der Waals surface area contributed by atoms with Crippen molar-refractivity contribution in [2.75, 3.05) is 0 Å². The Bertz CT molecular complexity index is 2380. The quantitative estimate of drug-likeness (QED) is 0.200. The Hall–Kier alpha value is -5.55. The van der Waals surface area contributed by atoms with Gasteiger partial charge in [0.15, 0.2) is 0 Å². The number of para-hydroxylation sites is 1. The standard InChI is InChI=1S/C45H42FN3O/c1-28-20-21-47-38(22-28)31-23-30(24-33(25-31)45(5,6)7)35-14-11-15-40-42(35)48-43(37-27-34(46)17-19-41(37)50)49(40)39-18-16-32(44(2,3)4)26-36(39)29-12-9-8-10-13-29/h8-27,50H,1-7H3. The molecule has 0 fully saturated rings. The SMILES string of the molecule is Cc1ccnc(-c2cc(-c3cccc4c3nc(-c3cc(F)ccc3O)n4-c3ccc(C(C)(C)C)cc3-c3ccccc3)cc(C(C)(C)C)c2)c1. The van der Waals surface area contributed by atoms with E-state index in [1.165, 1.54) is 29.3 Å². The topological polar surface area (TPSA) is 50.9 Å². The lowest BCUT2D eigenvalue weighted by Crippen LogP contribution is -2.12. The van der Waals surface area contributed by atoms with Crippen LogP contribution in [-0.4, -0.2) is 19.6 Å². The van der Waals surface area contributed by atoms with E-state index in [-0.39, 0.29) is 16.6 Å². The Balaban J connectivity index is 1.57. The van der Waals surface area contributed by atoms with Crippen molar-refractivity contribution in [2.24, 2.45) is 0 Å². The van der Waals surface area contributed by atoms with E-state index in [1.807, 2.05) is 36.5 Å². The molecular formula is C45H42FN3O. The maximum Gasteiger partial charge on any atom is 0.149 e. The lowest BCUT2D eigenvalue weighted by atomic mass is 9.83. The highest BCUT2D eigenvalue weighted by atomic mass is 19.1. The minimum absolute atomic E-state index is 0.0420. The van der Waals surface area contributed by atoms with Gasteiger partial charge in [-0.1, -0.05) is 96.1 Å². The summed E-state index contributed by atoms with van der Waals surface area (Å²) in [6, 6.07) is 37.8.